The molecule has 0 unspecified atom stereocenters. The Morgan fingerprint density at radius 1 is 1.10 bits per heavy atom. The van der Waals surface area contributed by atoms with E-state index < -0.39 is 23.4 Å². The normalized spacial score (nSPS) is 17.3. The van der Waals surface area contributed by atoms with E-state index in [1.807, 2.05) is 25.1 Å². The molecular weight excluding hydrogens is 512 g/mol. The fourth-order valence-electron chi connectivity index (χ4n) is 5.26. The lowest BCUT2D eigenvalue weighted by Gasteiger charge is -2.31. The van der Waals surface area contributed by atoms with Gasteiger partial charge >= 0.3 is 6.03 Å². The molecule has 0 bridgehead atoms. The first kappa shape index (κ1) is 26.2. The molecule has 2 aliphatic heterocycles. The number of nitrogens with zero attached hydrogens (tertiary/aromatic N) is 3. The van der Waals surface area contributed by atoms with Crippen LogP contribution in [0.5, 0.6) is 0 Å². The van der Waals surface area contributed by atoms with Crippen LogP contribution >= 0.6 is 0 Å². The molecule has 1 aromatic heterocycles. The van der Waals surface area contributed by atoms with Crippen LogP contribution in [0.3, 0.4) is 0 Å². The van der Waals surface area contributed by atoms with Crippen molar-refractivity contribution in [2.75, 3.05) is 29.9 Å². The molecule has 10 heteroatoms. The van der Waals surface area contributed by atoms with Gasteiger partial charge in [0.15, 0.2) is 5.82 Å². The number of piperidine rings is 1. The number of benzene rings is 2. The molecule has 8 nitrogen and oxygen atoms in total. The van der Waals surface area contributed by atoms with Crippen LogP contribution in [0.1, 0.15) is 42.4 Å². The third kappa shape index (κ3) is 5.23. The Kier molecular flexibility index (Phi) is 7.10. The Bertz CT molecular complexity index is 1450. The number of carbonyl (C=O) groups excluding carboxylic acids is 1. The number of urea groups is 1. The molecule has 4 N–H and O–H groups in total. The predicted molar refractivity (Wildman–Crippen MR) is 152 cm³/mol. The van der Waals surface area contributed by atoms with Crippen molar-refractivity contribution in [3.63, 3.8) is 0 Å². The fourth-order valence-corrected chi connectivity index (χ4v) is 5.26. The van der Waals surface area contributed by atoms with E-state index >= 15 is 0 Å². The topological polar surface area (TPSA) is 94.2 Å². The highest BCUT2D eigenvalue weighted by Gasteiger charge is 2.34. The maximum absolute atomic E-state index is 15.0. The number of aryl methyl sites for hydroxylation is 1. The number of hydrogen-bond donors (Lipinski definition) is 4. The molecule has 2 amide bonds. The van der Waals surface area contributed by atoms with Crippen molar-refractivity contribution in [3.05, 3.63) is 71.3 Å². The van der Waals surface area contributed by atoms with Crippen LogP contribution in [0.2, 0.25) is 0 Å². The highest BCUT2D eigenvalue weighted by atomic mass is 19.1. The smallest absolute Gasteiger partial charge is 0.328 e. The number of halogens is 2. The molecule has 1 saturated carbocycles. The summed E-state index contributed by atoms with van der Waals surface area (Å²) in [5.74, 6) is -0.538. The number of rotatable bonds is 8. The molecule has 1 aliphatic carbocycles. The zero-order valence-corrected chi connectivity index (χ0v) is 22.5. The lowest BCUT2D eigenvalue weighted by molar-refractivity contribution is 0.246. The number of anilines is 3. The number of carbonyl (C=O) groups is 1. The molecule has 3 aromatic rings. The molecule has 3 heterocycles. The summed E-state index contributed by atoms with van der Waals surface area (Å²) in [6, 6.07) is 9.06. The summed E-state index contributed by atoms with van der Waals surface area (Å²) < 4.78 is 30.0. The first-order valence-electron chi connectivity index (χ1n) is 13.8. The average Bonchev–Trinajstić information content (AvgIpc) is 3.78. The van der Waals surface area contributed by atoms with Crippen molar-refractivity contribution in [2.45, 2.75) is 45.2 Å². The maximum atomic E-state index is 15.0. The molecular formula is C30H33F2N7O. The standard InChI is InChI=1S/C30H33F2N7O/c1-17-6-9-20(18(2)34-15-19-7-8-19)14-22(17)26-23-16-35-30(40)39(27-24(31)4-3-5-25(27)32)28(23)38-29(37-26)36-21-10-12-33-13-11-21/h3-6,9,14,19,21,33-34H,2,7-8,10-13,15-16H2,1H3,(H,35,40)(H,36,37,38). The Balaban J connectivity index is 1.48. The molecule has 6 rings (SSSR count). The average molecular weight is 546 g/mol. The zero-order chi connectivity index (χ0) is 27.8. The van der Waals surface area contributed by atoms with E-state index in [-0.39, 0.29) is 18.4 Å². The van der Waals surface area contributed by atoms with Crippen LogP contribution in [0.4, 0.5) is 31.0 Å². The lowest BCUT2D eigenvalue weighted by atomic mass is 9.97. The molecule has 2 aromatic carbocycles. The van der Waals surface area contributed by atoms with Crippen molar-refractivity contribution in [1.82, 2.24) is 25.9 Å². The third-order valence-corrected chi connectivity index (χ3v) is 7.79. The van der Waals surface area contributed by atoms with Gasteiger partial charge in [0.1, 0.15) is 17.3 Å². The maximum Gasteiger partial charge on any atom is 0.328 e. The molecule has 208 valence electrons. The Hall–Kier alpha value is -4.05. The van der Waals surface area contributed by atoms with Crippen molar-refractivity contribution in [3.8, 4) is 11.3 Å². The zero-order valence-electron chi connectivity index (χ0n) is 22.5. The first-order valence-corrected chi connectivity index (χ1v) is 13.8. The Morgan fingerprint density at radius 3 is 2.58 bits per heavy atom. The van der Waals surface area contributed by atoms with Gasteiger partial charge in [0, 0.05) is 29.4 Å². The summed E-state index contributed by atoms with van der Waals surface area (Å²) in [5, 5.41) is 13.0. The van der Waals surface area contributed by atoms with Crippen molar-refractivity contribution in [1.29, 1.82) is 0 Å². The van der Waals surface area contributed by atoms with E-state index in [1.165, 1.54) is 18.9 Å². The van der Waals surface area contributed by atoms with E-state index in [4.69, 9.17) is 4.98 Å². The second kappa shape index (κ2) is 10.8. The molecule has 0 radical (unpaired) electrons. The summed E-state index contributed by atoms with van der Waals surface area (Å²) >= 11 is 0. The molecule has 0 spiro atoms. The minimum absolute atomic E-state index is 0.119. The second-order valence-corrected chi connectivity index (χ2v) is 10.8. The Morgan fingerprint density at radius 2 is 1.85 bits per heavy atom. The van der Waals surface area contributed by atoms with Gasteiger partial charge in [-0.05, 0) is 80.9 Å². The van der Waals surface area contributed by atoms with Crippen LogP contribution in [0, 0.1) is 24.5 Å². The summed E-state index contributed by atoms with van der Waals surface area (Å²) in [5.41, 5.74) is 4.26. The summed E-state index contributed by atoms with van der Waals surface area (Å²) in [4.78, 5) is 23.7. The van der Waals surface area contributed by atoms with E-state index in [2.05, 4.69) is 32.8 Å². The fraction of sp³-hybridized carbons (Fsp3) is 0.367. The summed E-state index contributed by atoms with van der Waals surface area (Å²) in [6.45, 7) is 8.97. The van der Waals surface area contributed by atoms with Crippen LogP contribution in [0.25, 0.3) is 17.0 Å². The number of aromatic nitrogens is 2. The highest BCUT2D eigenvalue weighted by molar-refractivity contribution is 6.02. The van der Waals surface area contributed by atoms with Gasteiger partial charge < -0.3 is 21.3 Å². The van der Waals surface area contributed by atoms with Crippen LogP contribution in [-0.4, -0.2) is 41.7 Å². The van der Waals surface area contributed by atoms with Gasteiger partial charge in [-0.15, -0.1) is 0 Å². The van der Waals surface area contributed by atoms with Gasteiger partial charge in [0.05, 0.1) is 12.2 Å². The van der Waals surface area contributed by atoms with E-state index in [1.54, 1.807) is 0 Å². The SMILES string of the molecule is C=C(NCC1CC1)c1ccc(C)c(-c2nc(NC3CCNCC3)nc3c2CNC(=O)N3c2c(F)cccc2F)c1. The minimum atomic E-state index is -0.854. The van der Waals surface area contributed by atoms with E-state index in [0.29, 0.717) is 23.1 Å². The lowest BCUT2D eigenvalue weighted by Crippen LogP contribution is -2.43. The van der Waals surface area contributed by atoms with Crippen molar-refractivity contribution < 1.29 is 13.6 Å². The predicted octanol–water partition coefficient (Wildman–Crippen LogP) is 5.23. The van der Waals surface area contributed by atoms with Gasteiger partial charge in [-0.2, -0.15) is 4.98 Å². The first-order chi connectivity index (χ1) is 19.4. The van der Waals surface area contributed by atoms with Crippen LogP contribution in [0.15, 0.2) is 43.0 Å². The van der Waals surface area contributed by atoms with E-state index in [9.17, 15) is 13.6 Å². The number of para-hydroxylation sites is 1. The second-order valence-electron chi connectivity index (χ2n) is 10.8. The van der Waals surface area contributed by atoms with Gasteiger partial charge in [-0.25, -0.2) is 23.5 Å². The molecule has 1 saturated heterocycles. The number of hydrogen-bond acceptors (Lipinski definition) is 6. The monoisotopic (exact) mass is 545 g/mol. The summed E-state index contributed by atoms with van der Waals surface area (Å²) in [7, 11) is 0. The summed E-state index contributed by atoms with van der Waals surface area (Å²) in [6.07, 6.45) is 4.24. The van der Waals surface area contributed by atoms with Gasteiger partial charge in [0.25, 0.3) is 0 Å². The largest absolute Gasteiger partial charge is 0.385 e. The third-order valence-electron chi connectivity index (χ3n) is 7.79. The molecule has 0 atom stereocenters. The number of fused-ring (bicyclic) bond motifs is 1. The minimum Gasteiger partial charge on any atom is -0.385 e. The van der Waals surface area contributed by atoms with Gasteiger partial charge in [-0.1, -0.05) is 24.8 Å². The van der Waals surface area contributed by atoms with Crippen LogP contribution in [-0.2, 0) is 6.54 Å². The quantitative estimate of drug-likeness (QED) is 0.310. The number of amides is 2. The van der Waals surface area contributed by atoms with Gasteiger partial charge in [-0.3, -0.25) is 0 Å². The molecule has 3 aliphatic rings. The van der Waals surface area contributed by atoms with Crippen molar-refractivity contribution in [2.24, 2.45) is 5.92 Å². The van der Waals surface area contributed by atoms with Crippen LogP contribution < -0.4 is 26.2 Å². The highest BCUT2D eigenvalue weighted by Crippen LogP contribution is 2.39. The van der Waals surface area contributed by atoms with Gasteiger partial charge in [0.2, 0.25) is 5.95 Å². The Labute approximate surface area is 232 Å². The van der Waals surface area contributed by atoms with Crippen molar-refractivity contribution >= 4 is 29.2 Å². The molecule has 2 fully saturated rings. The number of nitrogens with one attached hydrogen (secondary N) is 4. The van der Waals surface area contributed by atoms with E-state index in [0.717, 1.165) is 71.9 Å². The molecule has 40 heavy (non-hydrogen) atoms.